The van der Waals surface area contributed by atoms with Crippen molar-refractivity contribution in [1.82, 2.24) is 16.0 Å². The molecule has 12 heteroatoms. The molecule has 0 saturated carbocycles. The minimum absolute atomic E-state index is 0.0726. The number of carboxylic acids is 1. The van der Waals surface area contributed by atoms with Gasteiger partial charge in [-0.1, -0.05) is 0 Å². The van der Waals surface area contributed by atoms with E-state index >= 15 is 0 Å². The Morgan fingerprint density at radius 3 is 2.12 bits per heavy atom. The van der Waals surface area contributed by atoms with Crippen molar-refractivity contribution >= 4 is 36.3 Å². The molecule has 0 radical (unpaired) electrons. The average molecular weight is 393 g/mol. The van der Waals surface area contributed by atoms with Crippen LogP contribution in [-0.4, -0.2) is 77.5 Å². The van der Waals surface area contributed by atoms with Crippen LogP contribution < -0.4 is 27.4 Å². The summed E-state index contributed by atoms with van der Waals surface area (Å²) in [5.41, 5.74) is 10.8. The van der Waals surface area contributed by atoms with Gasteiger partial charge in [0.25, 0.3) is 0 Å². The van der Waals surface area contributed by atoms with Crippen molar-refractivity contribution < 1.29 is 29.4 Å². The zero-order valence-corrected chi connectivity index (χ0v) is 15.2. The molecule has 3 atom stereocenters. The van der Waals surface area contributed by atoms with Crippen LogP contribution in [0, 0.1) is 0 Å². The number of hydrogen-bond acceptors (Lipinski definition) is 8. The fraction of sp³-hybridized carbons (Fsp3) is 0.714. The molecule has 0 rings (SSSR count). The number of amides is 3. The third kappa shape index (κ3) is 9.56. The number of aliphatic hydroxyl groups is 1. The third-order valence-corrected chi connectivity index (χ3v) is 3.71. The summed E-state index contributed by atoms with van der Waals surface area (Å²) in [6.07, 6.45) is 1.42. The predicted octanol–water partition coefficient (Wildman–Crippen LogP) is -3.46. The molecular formula is C14H27N5O6S. The normalized spacial score (nSPS) is 14.0. The molecule has 0 spiro atoms. The van der Waals surface area contributed by atoms with Crippen LogP contribution in [0.5, 0.6) is 0 Å². The van der Waals surface area contributed by atoms with E-state index in [-0.39, 0.29) is 12.2 Å². The first kappa shape index (κ1) is 24.1. The number of nitrogens with one attached hydrogen (secondary N) is 3. The second kappa shape index (κ2) is 13.3. The molecule has 150 valence electrons. The van der Waals surface area contributed by atoms with Crippen LogP contribution in [0.2, 0.25) is 0 Å². The highest BCUT2D eigenvalue weighted by atomic mass is 32.1. The summed E-state index contributed by atoms with van der Waals surface area (Å²) >= 11 is 3.97. The molecule has 0 saturated heterocycles. The van der Waals surface area contributed by atoms with Crippen LogP contribution in [0.1, 0.15) is 19.3 Å². The maximum Gasteiger partial charge on any atom is 0.322 e. The Morgan fingerprint density at radius 2 is 1.62 bits per heavy atom. The van der Waals surface area contributed by atoms with Crippen LogP contribution in [-0.2, 0) is 19.2 Å². The maximum absolute atomic E-state index is 12.4. The molecule has 3 amide bonds. The Morgan fingerprint density at radius 1 is 1.00 bits per heavy atom. The van der Waals surface area contributed by atoms with Gasteiger partial charge in [-0.3, -0.25) is 19.2 Å². The number of carbonyl (C=O) groups is 4. The van der Waals surface area contributed by atoms with Gasteiger partial charge >= 0.3 is 5.97 Å². The molecule has 3 unspecified atom stereocenters. The van der Waals surface area contributed by atoms with Gasteiger partial charge in [-0.05, 0) is 25.8 Å². The lowest BCUT2D eigenvalue weighted by atomic mass is 10.1. The van der Waals surface area contributed by atoms with E-state index in [0.717, 1.165) is 0 Å². The lowest BCUT2D eigenvalue weighted by molar-refractivity contribution is -0.138. The highest BCUT2D eigenvalue weighted by Crippen LogP contribution is 2.03. The van der Waals surface area contributed by atoms with Crippen molar-refractivity contribution in [2.45, 2.75) is 37.4 Å². The topological polar surface area (TPSA) is 197 Å². The van der Waals surface area contributed by atoms with Gasteiger partial charge in [0.15, 0.2) is 0 Å². The largest absolute Gasteiger partial charge is 0.480 e. The fourth-order valence-corrected chi connectivity index (χ4v) is 2.13. The van der Waals surface area contributed by atoms with Crippen molar-refractivity contribution in [3.05, 3.63) is 0 Å². The van der Waals surface area contributed by atoms with E-state index in [1.807, 2.05) is 0 Å². The summed E-state index contributed by atoms with van der Waals surface area (Å²) in [5.74, 6) is -3.37. The van der Waals surface area contributed by atoms with Gasteiger partial charge in [-0.15, -0.1) is 0 Å². The molecule has 0 aromatic rings. The quantitative estimate of drug-likeness (QED) is 0.117. The summed E-state index contributed by atoms with van der Waals surface area (Å²) in [6, 6.07) is -3.24. The summed E-state index contributed by atoms with van der Waals surface area (Å²) in [4.78, 5) is 46.6. The monoisotopic (exact) mass is 393 g/mol. The van der Waals surface area contributed by atoms with E-state index in [1.54, 1.807) is 0 Å². The number of unbranched alkanes of at least 4 members (excludes halogenated alkanes) is 1. The number of nitrogens with two attached hydrogens (primary N) is 2. The number of hydrogen-bond donors (Lipinski definition) is 8. The molecule has 0 fully saturated rings. The number of carbonyl (C=O) groups excluding carboxylic acids is 3. The van der Waals surface area contributed by atoms with E-state index in [4.69, 9.17) is 21.7 Å². The minimum atomic E-state index is -1.23. The Labute approximate surface area is 156 Å². The summed E-state index contributed by atoms with van der Waals surface area (Å²) in [6.45, 7) is -0.768. The lowest BCUT2D eigenvalue weighted by Crippen LogP contribution is -2.57. The van der Waals surface area contributed by atoms with Crippen LogP contribution in [0.3, 0.4) is 0 Å². The van der Waals surface area contributed by atoms with Crippen LogP contribution >= 0.6 is 12.6 Å². The van der Waals surface area contributed by atoms with Gasteiger partial charge in [0.1, 0.15) is 24.7 Å². The highest BCUT2D eigenvalue weighted by molar-refractivity contribution is 7.80. The SMILES string of the molecule is NCCCCC(NC(=O)C(N)CO)C(=O)NC(CS)C(=O)NCC(=O)O. The second-order valence-electron chi connectivity index (χ2n) is 5.49. The summed E-state index contributed by atoms with van der Waals surface area (Å²) in [5, 5.41) is 24.5. The third-order valence-electron chi connectivity index (χ3n) is 3.34. The van der Waals surface area contributed by atoms with Gasteiger partial charge in [0.2, 0.25) is 17.7 Å². The van der Waals surface area contributed by atoms with Gasteiger partial charge < -0.3 is 37.6 Å². The summed E-state index contributed by atoms with van der Waals surface area (Å²) < 4.78 is 0. The van der Waals surface area contributed by atoms with Gasteiger partial charge in [-0.2, -0.15) is 12.6 Å². The number of rotatable bonds is 13. The Balaban J connectivity index is 4.91. The lowest BCUT2D eigenvalue weighted by Gasteiger charge is -2.23. The zero-order valence-electron chi connectivity index (χ0n) is 14.3. The Hall–Kier alpha value is -1.89. The van der Waals surface area contributed by atoms with Gasteiger partial charge in [0.05, 0.1) is 6.61 Å². The molecule has 0 aliphatic carbocycles. The molecule has 11 nitrogen and oxygen atoms in total. The van der Waals surface area contributed by atoms with Crippen molar-refractivity contribution in [3.8, 4) is 0 Å². The molecule has 0 aliphatic rings. The second-order valence-corrected chi connectivity index (χ2v) is 5.86. The number of carboxylic acid groups (broad SMARTS) is 1. The van der Waals surface area contributed by atoms with E-state index in [2.05, 4.69) is 28.6 Å². The van der Waals surface area contributed by atoms with Crippen molar-refractivity contribution in [2.75, 3.05) is 25.4 Å². The molecule has 9 N–H and O–H groups in total. The Kier molecular flexibility index (Phi) is 12.4. The molecule has 0 aromatic heterocycles. The maximum atomic E-state index is 12.4. The predicted molar refractivity (Wildman–Crippen MR) is 96.3 cm³/mol. The van der Waals surface area contributed by atoms with E-state index in [9.17, 15) is 19.2 Å². The fourth-order valence-electron chi connectivity index (χ4n) is 1.88. The number of aliphatic carboxylic acids is 1. The van der Waals surface area contributed by atoms with Crippen molar-refractivity contribution in [3.63, 3.8) is 0 Å². The van der Waals surface area contributed by atoms with Crippen molar-refractivity contribution in [2.24, 2.45) is 11.5 Å². The smallest absolute Gasteiger partial charge is 0.322 e. The molecular weight excluding hydrogens is 366 g/mol. The van der Waals surface area contributed by atoms with Gasteiger partial charge in [0, 0.05) is 5.75 Å². The van der Waals surface area contributed by atoms with Crippen molar-refractivity contribution in [1.29, 1.82) is 0 Å². The first-order valence-electron chi connectivity index (χ1n) is 8.04. The van der Waals surface area contributed by atoms with E-state index < -0.39 is 55.0 Å². The zero-order chi connectivity index (χ0) is 20.1. The Bertz CT molecular complexity index is 492. The molecule has 0 bridgehead atoms. The first-order valence-corrected chi connectivity index (χ1v) is 8.67. The number of thiol groups is 1. The molecule has 0 heterocycles. The van der Waals surface area contributed by atoms with Gasteiger partial charge in [-0.25, -0.2) is 0 Å². The molecule has 0 aromatic carbocycles. The van der Waals surface area contributed by atoms with E-state index in [0.29, 0.717) is 19.4 Å². The number of aliphatic hydroxyl groups excluding tert-OH is 1. The minimum Gasteiger partial charge on any atom is -0.480 e. The molecule has 26 heavy (non-hydrogen) atoms. The summed E-state index contributed by atoms with van der Waals surface area (Å²) in [7, 11) is 0. The van der Waals surface area contributed by atoms with E-state index in [1.165, 1.54) is 0 Å². The molecule has 0 aliphatic heterocycles. The van der Waals surface area contributed by atoms with Crippen LogP contribution in [0.4, 0.5) is 0 Å². The standard InChI is InChI=1S/C14H27N5O6S/c15-4-2-1-3-9(18-12(23)8(16)6-20)14(25)19-10(7-26)13(24)17-5-11(21)22/h8-10,20,26H,1-7,15-16H2,(H,17,24)(H,18,23)(H,19,25)(H,21,22). The average Bonchev–Trinajstić information content (AvgIpc) is 2.62. The van der Waals surface area contributed by atoms with Crippen LogP contribution in [0.15, 0.2) is 0 Å². The first-order chi connectivity index (χ1) is 12.3. The van der Waals surface area contributed by atoms with Crippen LogP contribution in [0.25, 0.3) is 0 Å². The highest BCUT2D eigenvalue weighted by Gasteiger charge is 2.27.